The lowest BCUT2D eigenvalue weighted by molar-refractivity contribution is -0.141. The van der Waals surface area contributed by atoms with Crippen molar-refractivity contribution in [1.82, 2.24) is 5.01 Å². The SMILES string of the molecule is CN(C)c1ccc(/C=N\N2C(=O)[C@@H]3[C@@H](C2=O)[C@@H]2C=C[C@H]3C23CC3)cc1Br. The molecule has 0 unspecified atom stereocenters. The number of hydrogen-bond acceptors (Lipinski definition) is 4. The molecule has 5 rings (SSSR count). The van der Waals surface area contributed by atoms with Gasteiger partial charge in [-0.25, -0.2) is 0 Å². The molecule has 1 aromatic carbocycles. The van der Waals surface area contributed by atoms with Crippen LogP contribution in [0.4, 0.5) is 5.69 Å². The van der Waals surface area contributed by atoms with E-state index in [0.29, 0.717) is 0 Å². The number of hydrogen-bond donors (Lipinski definition) is 0. The van der Waals surface area contributed by atoms with Crippen LogP contribution in [0.15, 0.2) is 39.9 Å². The minimum Gasteiger partial charge on any atom is -0.377 e. The summed E-state index contributed by atoms with van der Waals surface area (Å²) in [5.41, 5.74) is 2.13. The molecule has 4 aliphatic rings. The highest BCUT2D eigenvalue weighted by atomic mass is 79.9. The van der Waals surface area contributed by atoms with Gasteiger partial charge in [-0.2, -0.15) is 10.1 Å². The maximum Gasteiger partial charge on any atom is 0.254 e. The number of rotatable bonds is 3. The van der Waals surface area contributed by atoms with Gasteiger partial charge in [-0.05, 0) is 63.7 Å². The second-order valence-electron chi connectivity index (χ2n) is 8.06. The van der Waals surface area contributed by atoms with Crippen LogP contribution in [0, 0.1) is 29.1 Å². The van der Waals surface area contributed by atoms with Gasteiger partial charge in [0.1, 0.15) is 0 Å². The molecule has 5 nitrogen and oxygen atoms in total. The number of fused-ring (bicyclic) bond motifs is 3. The molecule has 2 saturated carbocycles. The normalized spacial score (nSPS) is 33.0. The lowest BCUT2D eigenvalue weighted by Gasteiger charge is -2.18. The summed E-state index contributed by atoms with van der Waals surface area (Å²) < 4.78 is 0.945. The average Bonchev–Trinajstić information content (AvgIpc) is 3.20. The number of amides is 2. The number of carbonyl (C=O) groups excluding carboxylic acids is 2. The summed E-state index contributed by atoms with van der Waals surface area (Å²) in [6.45, 7) is 0. The molecule has 0 N–H and O–H groups in total. The summed E-state index contributed by atoms with van der Waals surface area (Å²) in [6.07, 6.45) is 8.25. The fourth-order valence-electron chi connectivity index (χ4n) is 5.27. The van der Waals surface area contributed by atoms with Crippen molar-refractivity contribution in [2.24, 2.45) is 34.2 Å². The first-order valence-electron chi connectivity index (χ1n) is 9.01. The molecule has 0 aromatic heterocycles. The summed E-state index contributed by atoms with van der Waals surface area (Å²) in [4.78, 5) is 27.8. The lowest BCUT2D eigenvalue weighted by atomic mass is 9.85. The number of carbonyl (C=O) groups is 2. The Kier molecular flexibility index (Phi) is 3.30. The largest absolute Gasteiger partial charge is 0.377 e. The second kappa shape index (κ2) is 5.28. The molecule has 3 aliphatic carbocycles. The maximum atomic E-state index is 12.9. The predicted octanol–water partition coefficient (Wildman–Crippen LogP) is 3.05. The number of imide groups is 1. The van der Waals surface area contributed by atoms with Gasteiger partial charge in [-0.1, -0.05) is 18.2 Å². The molecule has 1 spiro atoms. The Balaban J connectivity index is 1.39. The van der Waals surface area contributed by atoms with Crippen molar-refractivity contribution in [1.29, 1.82) is 0 Å². The number of anilines is 1. The fourth-order valence-corrected chi connectivity index (χ4v) is 6.02. The van der Waals surface area contributed by atoms with E-state index in [1.165, 1.54) is 0 Å². The zero-order valence-electron chi connectivity index (χ0n) is 14.7. The van der Waals surface area contributed by atoms with Crippen molar-refractivity contribution in [2.45, 2.75) is 12.8 Å². The van der Waals surface area contributed by atoms with E-state index >= 15 is 0 Å². The molecule has 134 valence electrons. The van der Waals surface area contributed by atoms with Crippen LogP contribution in [-0.4, -0.2) is 37.1 Å². The molecule has 0 radical (unpaired) electrons. The van der Waals surface area contributed by atoms with Crippen LogP contribution >= 0.6 is 15.9 Å². The quantitative estimate of drug-likeness (QED) is 0.434. The highest BCUT2D eigenvalue weighted by Gasteiger charge is 2.73. The van der Waals surface area contributed by atoms with Crippen molar-refractivity contribution in [3.63, 3.8) is 0 Å². The Morgan fingerprint density at radius 3 is 2.27 bits per heavy atom. The van der Waals surface area contributed by atoms with Crippen LogP contribution in [0.25, 0.3) is 0 Å². The molecule has 3 fully saturated rings. The van der Waals surface area contributed by atoms with Gasteiger partial charge >= 0.3 is 0 Å². The van der Waals surface area contributed by atoms with Crippen LogP contribution in [0.5, 0.6) is 0 Å². The first-order chi connectivity index (χ1) is 12.4. The van der Waals surface area contributed by atoms with Crippen LogP contribution in [-0.2, 0) is 9.59 Å². The zero-order chi connectivity index (χ0) is 18.2. The molecule has 4 atom stereocenters. The number of nitrogens with zero attached hydrogens (tertiary/aromatic N) is 3. The van der Waals surface area contributed by atoms with E-state index in [-0.39, 0.29) is 40.9 Å². The highest BCUT2D eigenvalue weighted by molar-refractivity contribution is 9.10. The molecular weight excluding hydrogens is 394 g/mol. The summed E-state index contributed by atoms with van der Waals surface area (Å²) in [5, 5.41) is 5.38. The van der Waals surface area contributed by atoms with E-state index in [4.69, 9.17) is 0 Å². The van der Waals surface area contributed by atoms with Gasteiger partial charge in [0.15, 0.2) is 0 Å². The number of benzene rings is 1. The molecule has 1 saturated heterocycles. The number of hydrazone groups is 1. The molecule has 26 heavy (non-hydrogen) atoms. The van der Waals surface area contributed by atoms with Crippen LogP contribution < -0.4 is 4.90 Å². The smallest absolute Gasteiger partial charge is 0.254 e. The van der Waals surface area contributed by atoms with E-state index in [9.17, 15) is 9.59 Å². The van der Waals surface area contributed by atoms with E-state index in [1.807, 2.05) is 37.2 Å². The highest BCUT2D eigenvalue weighted by Crippen LogP contribution is 2.73. The second-order valence-corrected chi connectivity index (χ2v) is 8.91. The minimum atomic E-state index is -0.194. The lowest BCUT2D eigenvalue weighted by Crippen LogP contribution is -2.30. The van der Waals surface area contributed by atoms with Gasteiger partial charge in [-0.3, -0.25) is 9.59 Å². The molecule has 1 aliphatic heterocycles. The summed E-state index contributed by atoms with van der Waals surface area (Å²) in [7, 11) is 3.95. The Labute approximate surface area is 160 Å². The Bertz CT molecular complexity index is 853. The maximum absolute atomic E-state index is 12.9. The van der Waals surface area contributed by atoms with Gasteiger partial charge in [0.25, 0.3) is 11.8 Å². The molecule has 1 aromatic rings. The fraction of sp³-hybridized carbons (Fsp3) is 0.450. The van der Waals surface area contributed by atoms with E-state index in [2.05, 4.69) is 33.2 Å². The van der Waals surface area contributed by atoms with Gasteiger partial charge in [-0.15, -0.1) is 0 Å². The third-order valence-corrected chi connectivity index (χ3v) is 7.24. The average molecular weight is 414 g/mol. The number of halogens is 1. The molecule has 2 amide bonds. The molecule has 1 heterocycles. The van der Waals surface area contributed by atoms with Gasteiger partial charge in [0, 0.05) is 18.6 Å². The first kappa shape index (κ1) is 16.2. The van der Waals surface area contributed by atoms with Gasteiger partial charge < -0.3 is 4.90 Å². The molecule has 2 bridgehead atoms. The van der Waals surface area contributed by atoms with Gasteiger partial charge in [0.2, 0.25) is 0 Å². The predicted molar refractivity (Wildman–Crippen MR) is 103 cm³/mol. The monoisotopic (exact) mass is 413 g/mol. The van der Waals surface area contributed by atoms with E-state index in [1.54, 1.807) is 6.21 Å². The Morgan fingerprint density at radius 2 is 1.77 bits per heavy atom. The van der Waals surface area contributed by atoms with Crippen molar-refractivity contribution < 1.29 is 9.59 Å². The van der Waals surface area contributed by atoms with Crippen molar-refractivity contribution in [2.75, 3.05) is 19.0 Å². The number of allylic oxidation sites excluding steroid dienone is 2. The minimum absolute atomic E-state index is 0.122. The third-order valence-electron chi connectivity index (χ3n) is 6.61. The van der Waals surface area contributed by atoms with Crippen LogP contribution in [0.1, 0.15) is 18.4 Å². The van der Waals surface area contributed by atoms with Crippen LogP contribution in [0.3, 0.4) is 0 Å². The van der Waals surface area contributed by atoms with Crippen molar-refractivity contribution >= 4 is 39.6 Å². The Morgan fingerprint density at radius 1 is 1.15 bits per heavy atom. The molecular formula is C20H20BrN3O2. The summed E-state index contributed by atoms with van der Waals surface area (Å²) >= 11 is 3.55. The zero-order valence-corrected chi connectivity index (χ0v) is 16.3. The van der Waals surface area contributed by atoms with Crippen molar-refractivity contribution in [3.8, 4) is 0 Å². The third kappa shape index (κ3) is 1.99. The summed E-state index contributed by atoms with van der Waals surface area (Å²) in [5.74, 6) is -0.156. The first-order valence-corrected chi connectivity index (χ1v) is 9.80. The topological polar surface area (TPSA) is 53.0 Å². The van der Waals surface area contributed by atoms with Gasteiger partial charge in [0.05, 0.1) is 23.7 Å². The van der Waals surface area contributed by atoms with Crippen molar-refractivity contribution in [3.05, 3.63) is 40.4 Å². The molecule has 6 heteroatoms. The van der Waals surface area contributed by atoms with Crippen LogP contribution in [0.2, 0.25) is 0 Å². The summed E-state index contributed by atoms with van der Waals surface area (Å²) in [6, 6.07) is 5.85. The van der Waals surface area contributed by atoms with E-state index < -0.39 is 0 Å². The van der Waals surface area contributed by atoms with E-state index in [0.717, 1.165) is 33.6 Å². The standard InChI is InChI=1S/C20H20BrN3O2/c1-23(2)15-6-3-11(9-14(15)21)10-22-24-18(25)16-12-4-5-13(17(16)19(24)26)20(12)7-8-20/h3-6,9-10,12-13,16-17H,7-8H2,1-2H3/b22-10-/t12-,13+,16-,17-/m0/s1. The Hall–Kier alpha value is -1.95.